The second kappa shape index (κ2) is 14.2. The largest absolute Gasteiger partial charge is 0.460 e. The van der Waals surface area contributed by atoms with Crippen LogP contribution in [0.25, 0.3) is 11.2 Å². The van der Waals surface area contributed by atoms with Crippen molar-refractivity contribution in [1.82, 2.24) is 24.6 Å². The van der Waals surface area contributed by atoms with Crippen molar-refractivity contribution in [2.24, 2.45) is 5.92 Å². The summed E-state index contributed by atoms with van der Waals surface area (Å²) < 4.78 is 58.3. The zero-order valence-electron chi connectivity index (χ0n) is 24.8. The number of benzene rings is 2. The van der Waals surface area contributed by atoms with E-state index in [2.05, 4.69) is 20.0 Å². The van der Waals surface area contributed by atoms with Crippen molar-refractivity contribution >= 4 is 36.8 Å². The third kappa shape index (κ3) is 7.59. The molecule has 17 heteroatoms. The lowest BCUT2D eigenvalue weighted by Gasteiger charge is -2.25. The van der Waals surface area contributed by atoms with E-state index in [1.807, 2.05) is 6.07 Å². The van der Waals surface area contributed by atoms with Gasteiger partial charge in [0, 0.05) is 6.92 Å². The number of esters is 2. The van der Waals surface area contributed by atoms with E-state index in [0.29, 0.717) is 0 Å². The maximum absolute atomic E-state index is 14.6. The van der Waals surface area contributed by atoms with Gasteiger partial charge in [0.15, 0.2) is 23.5 Å². The number of aromatic nitrogens is 4. The maximum atomic E-state index is 14.6. The van der Waals surface area contributed by atoms with Crippen LogP contribution in [0.5, 0.6) is 5.75 Å². The van der Waals surface area contributed by atoms with Gasteiger partial charge in [0.1, 0.15) is 18.4 Å². The number of carbonyl (C=O) groups is 2. The molecule has 1 fully saturated rings. The molecule has 1 saturated heterocycles. The highest BCUT2D eigenvalue weighted by atomic mass is 31.2. The molecule has 15 nitrogen and oxygen atoms in total. The predicted octanol–water partition coefficient (Wildman–Crippen LogP) is 3.04. The summed E-state index contributed by atoms with van der Waals surface area (Å²) in [6.45, 7) is 0.983. The third-order valence-electron chi connectivity index (χ3n) is 7.01. The zero-order chi connectivity index (χ0) is 32.8. The lowest BCUT2D eigenvalue weighted by molar-refractivity contribution is -0.154. The van der Waals surface area contributed by atoms with Crippen LogP contribution >= 0.6 is 7.75 Å². The van der Waals surface area contributed by atoms with Gasteiger partial charge in [0.05, 0.1) is 31.6 Å². The van der Waals surface area contributed by atoms with Gasteiger partial charge in [-0.1, -0.05) is 48.5 Å². The highest BCUT2D eigenvalue weighted by molar-refractivity contribution is 7.52. The third-order valence-corrected chi connectivity index (χ3v) is 8.65. The normalized spacial score (nSPS) is 21.4. The van der Waals surface area contributed by atoms with Crippen molar-refractivity contribution in [2.75, 3.05) is 19.0 Å². The van der Waals surface area contributed by atoms with E-state index in [1.165, 1.54) is 30.0 Å². The summed E-state index contributed by atoms with van der Waals surface area (Å²) in [6.07, 6.45) is -2.39. The van der Waals surface area contributed by atoms with Crippen molar-refractivity contribution in [3.8, 4) is 5.75 Å². The summed E-state index contributed by atoms with van der Waals surface area (Å²) in [5.41, 5.74) is 5.78. The molecule has 4 N–H and O–H groups in total. The lowest BCUT2D eigenvalue weighted by atomic mass is 10.00. The number of para-hydroxylation sites is 1. The number of hydrogen-bond donors (Lipinski definition) is 3. The number of aromatic amines is 1. The van der Waals surface area contributed by atoms with Gasteiger partial charge in [-0.2, -0.15) is 10.1 Å². The van der Waals surface area contributed by atoms with Crippen LogP contribution in [0.15, 0.2) is 71.8 Å². The Balaban J connectivity index is 1.37. The molecule has 4 aromatic rings. The van der Waals surface area contributed by atoms with Gasteiger partial charge >= 0.3 is 19.7 Å². The van der Waals surface area contributed by atoms with Crippen molar-refractivity contribution in [1.29, 1.82) is 0 Å². The summed E-state index contributed by atoms with van der Waals surface area (Å²) in [5.74, 6) is -2.62. The predicted molar refractivity (Wildman–Crippen MR) is 161 cm³/mol. The van der Waals surface area contributed by atoms with Crippen LogP contribution in [0, 0.1) is 5.92 Å². The van der Waals surface area contributed by atoms with Crippen molar-refractivity contribution in [3.05, 3.63) is 82.9 Å². The minimum absolute atomic E-state index is 0.00478. The molecule has 244 valence electrons. The summed E-state index contributed by atoms with van der Waals surface area (Å²) >= 11 is 0. The fraction of sp³-hybridized carbons (Fsp3) is 0.345. The average Bonchev–Trinajstić information content (AvgIpc) is 3.60. The Kier molecular flexibility index (Phi) is 10.1. The van der Waals surface area contributed by atoms with Gasteiger partial charge < -0.3 is 24.5 Å². The molecular formula is C29H32FN6O9P. The van der Waals surface area contributed by atoms with E-state index in [9.17, 15) is 23.3 Å². The first-order valence-corrected chi connectivity index (χ1v) is 15.7. The molecule has 6 unspecified atom stereocenters. The van der Waals surface area contributed by atoms with Crippen LogP contribution < -0.4 is 20.9 Å². The number of fused-ring (bicyclic) bond motifs is 1. The number of hydrogen-bond acceptors (Lipinski definition) is 12. The quantitative estimate of drug-likeness (QED) is 0.140. The number of alkyl halides is 1. The fourth-order valence-corrected chi connectivity index (χ4v) is 6.35. The number of nitrogens with zero attached hydrogens (tertiary/aromatic N) is 3. The molecule has 2 aromatic heterocycles. The summed E-state index contributed by atoms with van der Waals surface area (Å²) in [7, 11) is -4.37. The van der Waals surface area contributed by atoms with Crippen LogP contribution in [0.4, 0.5) is 10.3 Å². The second-order valence-electron chi connectivity index (χ2n) is 10.4. The molecule has 1 aliphatic rings. The Morgan fingerprint density at radius 2 is 1.87 bits per heavy atom. The Bertz CT molecular complexity index is 1770. The Morgan fingerprint density at radius 1 is 1.17 bits per heavy atom. The van der Waals surface area contributed by atoms with Gasteiger partial charge in [0.2, 0.25) is 5.95 Å². The van der Waals surface area contributed by atoms with E-state index in [-0.39, 0.29) is 29.5 Å². The first-order valence-electron chi connectivity index (χ1n) is 14.2. The maximum Gasteiger partial charge on any atom is 0.459 e. The van der Waals surface area contributed by atoms with E-state index < -0.39 is 68.9 Å². The topological polar surface area (TPSA) is 199 Å². The molecule has 2 aromatic carbocycles. The summed E-state index contributed by atoms with van der Waals surface area (Å²) in [4.78, 5) is 47.7. The number of nitrogen functional groups attached to an aromatic ring is 1. The molecule has 6 atom stereocenters. The number of carbonyl (C=O) groups excluding carboxylic acids is 2. The van der Waals surface area contributed by atoms with Crippen LogP contribution in [0.3, 0.4) is 0 Å². The SMILES string of the molecule is CC(=O)OC1C(CF)C(COP(=O)(NC(C)C(=O)OCc2ccccc2)Oc2ccccc2)OC1n1cnc2c(=O)[nH]c(N)nc21. The van der Waals surface area contributed by atoms with Gasteiger partial charge in [-0.15, -0.1) is 0 Å². The van der Waals surface area contributed by atoms with Gasteiger partial charge in [-0.25, -0.2) is 9.55 Å². The molecule has 0 radical (unpaired) electrons. The highest BCUT2D eigenvalue weighted by Gasteiger charge is 2.49. The summed E-state index contributed by atoms with van der Waals surface area (Å²) in [6, 6.07) is 15.9. The van der Waals surface area contributed by atoms with E-state index >= 15 is 0 Å². The minimum Gasteiger partial charge on any atom is -0.460 e. The minimum atomic E-state index is -4.37. The first-order chi connectivity index (χ1) is 22.1. The number of nitrogens with two attached hydrogens (primary N) is 1. The average molecular weight is 659 g/mol. The first kappa shape index (κ1) is 32.8. The fourth-order valence-electron chi connectivity index (χ4n) is 4.85. The molecule has 0 amide bonds. The number of imidazole rings is 1. The Labute approximate surface area is 261 Å². The number of rotatable bonds is 13. The van der Waals surface area contributed by atoms with Crippen LogP contribution in [0.1, 0.15) is 25.6 Å². The molecular weight excluding hydrogens is 626 g/mol. The molecule has 0 bridgehead atoms. The lowest BCUT2D eigenvalue weighted by Crippen LogP contribution is -2.37. The molecule has 46 heavy (non-hydrogen) atoms. The number of halogens is 1. The van der Waals surface area contributed by atoms with Gasteiger partial charge in [0.25, 0.3) is 5.56 Å². The molecule has 0 aliphatic carbocycles. The molecule has 3 heterocycles. The molecule has 0 spiro atoms. The van der Waals surface area contributed by atoms with Gasteiger partial charge in [-0.3, -0.25) is 32.8 Å². The number of nitrogens with one attached hydrogen (secondary N) is 2. The smallest absolute Gasteiger partial charge is 0.459 e. The molecule has 5 rings (SSSR count). The Hall–Kier alpha value is -4.63. The van der Waals surface area contributed by atoms with Gasteiger partial charge in [-0.05, 0) is 24.6 Å². The highest BCUT2D eigenvalue weighted by Crippen LogP contribution is 2.47. The van der Waals surface area contributed by atoms with E-state index in [0.717, 1.165) is 12.5 Å². The monoisotopic (exact) mass is 658 g/mol. The second-order valence-corrected chi connectivity index (χ2v) is 12.1. The number of anilines is 1. The van der Waals surface area contributed by atoms with Crippen molar-refractivity contribution in [2.45, 2.75) is 44.9 Å². The summed E-state index contributed by atoms with van der Waals surface area (Å²) in [5, 5.41) is 2.58. The number of ether oxygens (including phenoxy) is 3. The van der Waals surface area contributed by atoms with E-state index in [1.54, 1.807) is 42.5 Å². The van der Waals surface area contributed by atoms with Crippen LogP contribution in [-0.4, -0.2) is 63.0 Å². The number of H-pyrrole nitrogens is 1. The Morgan fingerprint density at radius 3 is 2.54 bits per heavy atom. The van der Waals surface area contributed by atoms with Crippen LogP contribution in [0.2, 0.25) is 0 Å². The molecule has 1 aliphatic heterocycles. The van der Waals surface area contributed by atoms with E-state index in [4.69, 9.17) is 29.0 Å². The van der Waals surface area contributed by atoms with Crippen LogP contribution in [-0.2, 0) is 39.5 Å². The van der Waals surface area contributed by atoms with Crippen molar-refractivity contribution < 1.29 is 41.8 Å². The zero-order valence-corrected chi connectivity index (χ0v) is 25.7. The standard InChI is InChI=1S/C29H32FN6O9P/c1-17(28(39)41-14-19-9-5-3-6-10-19)35-46(40,45-20-11-7-4-8-12-20)42-15-22-21(13-30)24(43-18(2)37)27(44-22)36-16-32-23-25(36)33-29(31)34-26(23)38/h3-12,16-17,21-22,24,27H,13-15H2,1-2H3,(H,35,40)(H3,31,33,34,38). The molecule has 0 saturated carbocycles. The van der Waals surface area contributed by atoms with Crippen molar-refractivity contribution in [3.63, 3.8) is 0 Å².